The summed E-state index contributed by atoms with van der Waals surface area (Å²) in [5.74, 6) is 0.561. The van der Waals surface area contributed by atoms with E-state index >= 15 is 0 Å². The van der Waals surface area contributed by atoms with Gasteiger partial charge in [0.15, 0.2) is 0 Å². The van der Waals surface area contributed by atoms with Crippen LogP contribution < -0.4 is 0 Å². The van der Waals surface area contributed by atoms with Crippen LogP contribution in [0.2, 0.25) is 0 Å². The summed E-state index contributed by atoms with van der Waals surface area (Å²) >= 11 is 0. The first kappa shape index (κ1) is 10.1. The summed E-state index contributed by atoms with van der Waals surface area (Å²) in [4.78, 5) is 0. The average molecular weight is 227 g/mol. The summed E-state index contributed by atoms with van der Waals surface area (Å²) in [6, 6.07) is 6.23. The van der Waals surface area contributed by atoms with Crippen LogP contribution in [-0.2, 0) is 13.5 Å². The Hall–Kier alpha value is -2.10. The van der Waals surface area contributed by atoms with E-state index in [-0.39, 0.29) is 0 Å². The standard InChI is InChI=1S/C13H13N3O/c1-3-9-7-16(2)12-6-10(4-5-11(9)12)13-15-14-8-17-13/h4-8H,3H2,1-2H3. The Morgan fingerprint density at radius 1 is 1.35 bits per heavy atom. The third-order valence-electron chi connectivity index (χ3n) is 3.06. The lowest BCUT2D eigenvalue weighted by molar-refractivity contribution is 0.568. The SMILES string of the molecule is CCc1cn(C)c2cc(-c3nnco3)ccc12. The van der Waals surface area contributed by atoms with E-state index in [4.69, 9.17) is 4.42 Å². The zero-order valence-electron chi connectivity index (χ0n) is 9.84. The molecule has 0 fully saturated rings. The van der Waals surface area contributed by atoms with Crippen LogP contribution in [0.25, 0.3) is 22.4 Å². The van der Waals surface area contributed by atoms with Crippen molar-refractivity contribution in [2.45, 2.75) is 13.3 Å². The Bertz CT molecular complexity index is 653. The molecule has 86 valence electrons. The van der Waals surface area contributed by atoms with Gasteiger partial charge in [-0.3, -0.25) is 0 Å². The van der Waals surface area contributed by atoms with Gasteiger partial charge in [0.05, 0.1) is 0 Å². The largest absolute Gasteiger partial charge is 0.423 e. The molecule has 4 heteroatoms. The maximum absolute atomic E-state index is 5.21. The Kier molecular flexibility index (Phi) is 2.21. The number of fused-ring (bicyclic) bond motifs is 1. The summed E-state index contributed by atoms with van der Waals surface area (Å²) in [6.45, 7) is 2.17. The zero-order chi connectivity index (χ0) is 11.8. The van der Waals surface area contributed by atoms with E-state index in [9.17, 15) is 0 Å². The molecule has 0 bridgehead atoms. The predicted octanol–water partition coefficient (Wildman–Crippen LogP) is 2.79. The molecular formula is C13H13N3O. The molecule has 0 radical (unpaired) electrons. The van der Waals surface area contributed by atoms with Gasteiger partial charge < -0.3 is 8.98 Å². The molecular weight excluding hydrogens is 214 g/mol. The molecule has 1 aromatic carbocycles. The van der Waals surface area contributed by atoms with Gasteiger partial charge in [-0.15, -0.1) is 10.2 Å². The summed E-state index contributed by atoms with van der Waals surface area (Å²) in [6.07, 6.45) is 4.56. The van der Waals surface area contributed by atoms with E-state index in [1.807, 2.05) is 6.07 Å². The van der Waals surface area contributed by atoms with Gasteiger partial charge in [0.25, 0.3) is 0 Å². The van der Waals surface area contributed by atoms with Gasteiger partial charge in [0.2, 0.25) is 12.3 Å². The van der Waals surface area contributed by atoms with E-state index < -0.39 is 0 Å². The molecule has 0 N–H and O–H groups in total. The Labute approximate surface area is 98.9 Å². The van der Waals surface area contributed by atoms with Crippen molar-refractivity contribution >= 4 is 10.9 Å². The van der Waals surface area contributed by atoms with Crippen molar-refractivity contribution in [3.63, 3.8) is 0 Å². The van der Waals surface area contributed by atoms with Gasteiger partial charge in [0.1, 0.15) is 0 Å². The normalized spacial score (nSPS) is 11.2. The van der Waals surface area contributed by atoms with Crippen molar-refractivity contribution < 1.29 is 4.42 Å². The number of nitrogens with zero attached hydrogens (tertiary/aromatic N) is 3. The third-order valence-corrected chi connectivity index (χ3v) is 3.06. The molecule has 0 aliphatic carbocycles. The summed E-state index contributed by atoms with van der Waals surface area (Å²) < 4.78 is 7.34. The van der Waals surface area contributed by atoms with Crippen molar-refractivity contribution in [2.24, 2.45) is 7.05 Å². The maximum atomic E-state index is 5.21. The Morgan fingerprint density at radius 2 is 2.24 bits per heavy atom. The molecule has 0 aliphatic heterocycles. The predicted molar refractivity (Wildman–Crippen MR) is 65.6 cm³/mol. The number of hydrogen-bond donors (Lipinski definition) is 0. The third kappa shape index (κ3) is 1.53. The quantitative estimate of drug-likeness (QED) is 0.676. The fourth-order valence-electron chi connectivity index (χ4n) is 2.18. The van der Waals surface area contributed by atoms with E-state index in [2.05, 4.69) is 47.1 Å². The number of aryl methyl sites for hydroxylation is 2. The van der Waals surface area contributed by atoms with Gasteiger partial charge in [0, 0.05) is 29.7 Å². The highest BCUT2D eigenvalue weighted by molar-refractivity contribution is 5.87. The second-order valence-electron chi connectivity index (χ2n) is 4.09. The molecule has 0 atom stereocenters. The van der Waals surface area contributed by atoms with E-state index in [1.54, 1.807) is 0 Å². The smallest absolute Gasteiger partial charge is 0.247 e. The van der Waals surface area contributed by atoms with Gasteiger partial charge in [-0.25, -0.2) is 0 Å². The van der Waals surface area contributed by atoms with Gasteiger partial charge in [-0.1, -0.05) is 13.0 Å². The molecule has 2 aromatic heterocycles. The second kappa shape index (κ2) is 3.73. The highest BCUT2D eigenvalue weighted by atomic mass is 16.4. The first-order chi connectivity index (χ1) is 8.29. The molecule has 0 saturated carbocycles. The van der Waals surface area contributed by atoms with Crippen LogP contribution >= 0.6 is 0 Å². The van der Waals surface area contributed by atoms with E-state index in [1.165, 1.54) is 22.9 Å². The number of hydrogen-bond acceptors (Lipinski definition) is 3. The number of rotatable bonds is 2. The van der Waals surface area contributed by atoms with E-state index in [0.717, 1.165) is 12.0 Å². The molecule has 0 spiro atoms. The first-order valence-electron chi connectivity index (χ1n) is 5.64. The maximum Gasteiger partial charge on any atom is 0.247 e. The van der Waals surface area contributed by atoms with Crippen LogP contribution in [-0.4, -0.2) is 14.8 Å². The van der Waals surface area contributed by atoms with E-state index in [0.29, 0.717) is 5.89 Å². The highest BCUT2D eigenvalue weighted by Crippen LogP contribution is 2.26. The summed E-state index contributed by atoms with van der Waals surface area (Å²) in [5, 5.41) is 8.91. The lowest BCUT2D eigenvalue weighted by Crippen LogP contribution is -1.85. The van der Waals surface area contributed by atoms with Crippen LogP contribution in [0.5, 0.6) is 0 Å². The zero-order valence-corrected chi connectivity index (χ0v) is 9.84. The topological polar surface area (TPSA) is 43.9 Å². The summed E-state index contributed by atoms with van der Waals surface area (Å²) in [5.41, 5.74) is 3.51. The number of aromatic nitrogens is 3. The second-order valence-corrected chi connectivity index (χ2v) is 4.09. The minimum Gasteiger partial charge on any atom is -0.423 e. The highest BCUT2D eigenvalue weighted by Gasteiger charge is 2.09. The molecule has 3 aromatic rings. The lowest BCUT2D eigenvalue weighted by atomic mass is 10.1. The van der Waals surface area contributed by atoms with Crippen molar-refractivity contribution in [3.8, 4) is 11.5 Å². The molecule has 3 rings (SSSR count). The molecule has 0 aliphatic rings. The lowest BCUT2D eigenvalue weighted by Gasteiger charge is -1.99. The van der Waals surface area contributed by atoms with Crippen molar-refractivity contribution in [1.82, 2.24) is 14.8 Å². The van der Waals surface area contributed by atoms with Crippen LogP contribution in [0.15, 0.2) is 35.2 Å². The van der Waals surface area contributed by atoms with Crippen LogP contribution in [0.3, 0.4) is 0 Å². The summed E-state index contributed by atoms with van der Waals surface area (Å²) in [7, 11) is 2.05. The first-order valence-corrected chi connectivity index (χ1v) is 5.64. The van der Waals surface area contributed by atoms with Crippen molar-refractivity contribution in [1.29, 1.82) is 0 Å². The van der Waals surface area contributed by atoms with Gasteiger partial charge in [-0.2, -0.15) is 0 Å². The minimum absolute atomic E-state index is 0.561. The molecule has 4 nitrogen and oxygen atoms in total. The Balaban J connectivity index is 2.23. The van der Waals surface area contributed by atoms with Crippen LogP contribution in [0.1, 0.15) is 12.5 Å². The van der Waals surface area contributed by atoms with Crippen molar-refractivity contribution in [2.75, 3.05) is 0 Å². The minimum atomic E-state index is 0.561. The van der Waals surface area contributed by atoms with Gasteiger partial charge in [-0.05, 0) is 24.1 Å². The monoisotopic (exact) mass is 227 g/mol. The fraction of sp³-hybridized carbons (Fsp3) is 0.231. The fourth-order valence-corrected chi connectivity index (χ4v) is 2.18. The molecule has 0 amide bonds. The van der Waals surface area contributed by atoms with Crippen LogP contribution in [0.4, 0.5) is 0 Å². The molecule has 17 heavy (non-hydrogen) atoms. The van der Waals surface area contributed by atoms with Crippen molar-refractivity contribution in [3.05, 3.63) is 36.4 Å². The molecule has 0 saturated heterocycles. The van der Waals surface area contributed by atoms with Gasteiger partial charge >= 0.3 is 0 Å². The molecule has 0 unspecified atom stereocenters. The average Bonchev–Trinajstić information content (AvgIpc) is 2.97. The number of benzene rings is 1. The van der Waals surface area contributed by atoms with Crippen LogP contribution in [0, 0.1) is 0 Å². The Morgan fingerprint density at radius 3 is 2.94 bits per heavy atom. The molecule has 2 heterocycles.